The topological polar surface area (TPSA) is 90.5 Å². The van der Waals surface area contributed by atoms with Gasteiger partial charge in [0.15, 0.2) is 38.7 Å². The number of aromatic nitrogens is 3. The maximum atomic E-state index is 11.1. The highest BCUT2D eigenvalue weighted by atomic mass is 127. The fraction of sp³-hybridized carbons (Fsp3) is 0.231. The molecule has 54 heavy (non-hydrogen) atoms. The predicted octanol–water partition coefficient (Wildman–Crippen LogP) is -2.06. The number of carbonyl (C=O) groups excluding carboxylic acids is 3. The number of fused-ring (bicyclic) bond motifs is 9. The summed E-state index contributed by atoms with van der Waals surface area (Å²) >= 11 is 7.06. The second-order valence-electron chi connectivity index (χ2n) is 12.2. The van der Waals surface area contributed by atoms with Gasteiger partial charge in [-0.25, -0.2) is 0 Å². The fourth-order valence-corrected chi connectivity index (χ4v) is 8.75. The lowest BCUT2D eigenvalue weighted by Crippen LogP contribution is -3.00. The number of para-hydroxylation sites is 3. The fourth-order valence-electron chi connectivity index (χ4n) is 6.81. The maximum absolute atomic E-state index is 11.1. The molecule has 9 rings (SSSR count). The Morgan fingerprint density at radius 1 is 0.481 bits per heavy atom. The Hall–Kier alpha value is -1.32. The second-order valence-corrected chi connectivity index (χ2v) is 14.9. The summed E-state index contributed by atoms with van der Waals surface area (Å²) < 4.78 is 26.3. The number of hydrogen-bond donors (Lipinski definition) is 0. The summed E-state index contributed by atoms with van der Waals surface area (Å²) in [6.45, 7) is 1.95. The highest BCUT2D eigenvalue weighted by Gasteiger charge is 2.38. The molecule has 0 amide bonds. The van der Waals surface area contributed by atoms with Crippen molar-refractivity contribution in [3.05, 3.63) is 108 Å². The van der Waals surface area contributed by atoms with Crippen LogP contribution in [-0.2, 0) is 0 Å². The van der Waals surface area contributed by atoms with Crippen LogP contribution < -0.4 is 99.8 Å². The highest BCUT2D eigenvalue weighted by molar-refractivity contribution is 14.1. The van der Waals surface area contributed by atoms with Crippen LogP contribution in [0.3, 0.4) is 0 Å². The van der Waals surface area contributed by atoms with Crippen molar-refractivity contribution in [2.24, 2.45) is 0 Å². The van der Waals surface area contributed by atoms with Crippen molar-refractivity contribution >= 4 is 119 Å². The smallest absolute Gasteiger partial charge is 0.379 e. The molecule has 0 aliphatic carbocycles. The van der Waals surface area contributed by atoms with Crippen LogP contribution in [0, 0.1) is 0 Å². The number of alkyl halides is 3. The van der Waals surface area contributed by atoms with E-state index in [1.807, 2.05) is 72.8 Å². The first-order valence-electron chi connectivity index (χ1n) is 16.4. The number of benzene rings is 3. The average molecular weight is 1400 g/mol. The van der Waals surface area contributed by atoms with E-state index >= 15 is 0 Å². The molecule has 15 heteroatoms. The zero-order chi connectivity index (χ0) is 35.5. The molecule has 0 radical (unpaired) electrons. The molecule has 0 spiro atoms. The molecule has 3 atom stereocenters. The molecule has 6 aromatic rings. The van der Waals surface area contributed by atoms with Gasteiger partial charge in [0.2, 0.25) is 34.7 Å². The molecule has 6 heterocycles. The van der Waals surface area contributed by atoms with Crippen LogP contribution in [0.25, 0.3) is 32.7 Å². The molecule has 282 valence electrons. The zero-order valence-corrected chi connectivity index (χ0v) is 41.4. The lowest BCUT2D eigenvalue weighted by molar-refractivity contribution is -0.674. The van der Waals surface area contributed by atoms with E-state index in [2.05, 4.69) is 99.7 Å². The number of pyridine rings is 3. The monoisotopic (exact) mass is 1400 g/mol. The van der Waals surface area contributed by atoms with E-state index in [1.54, 1.807) is 0 Å². The van der Waals surface area contributed by atoms with Gasteiger partial charge in [-0.15, -0.1) is 0 Å². The number of nitrogens with zero attached hydrogens (tertiary/aromatic N) is 3. The summed E-state index contributed by atoms with van der Waals surface area (Å²) in [5, 5.41) is 3.25. The Morgan fingerprint density at radius 2 is 0.741 bits per heavy atom. The Kier molecular flexibility index (Phi) is 17.6. The highest BCUT2D eigenvalue weighted by Crippen LogP contribution is 2.29. The minimum Gasteiger partial charge on any atom is -1.00 e. The Balaban J connectivity index is 0.000000176. The van der Waals surface area contributed by atoms with Crippen molar-refractivity contribution in [1.82, 2.24) is 0 Å². The van der Waals surface area contributed by atoms with Gasteiger partial charge < -0.3 is 86.1 Å². The van der Waals surface area contributed by atoms with Gasteiger partial charge in [-0.3, -0.25) is 14.4 Å². The third-order valence-electron chi connectivity index (χ3n) is 9.17. The molecule has 0 saturated carbocycles. The van der Waals surface area contributed by atoms with Crippen LogP contribution >= 0.6 is 67.8 Å². The number of aldehydes is 3. The van der Waals surface area contributed by atoms with Crippen molar-refractivity contribution < 1.29 is 114 Å². The van der Waals surface area contributed by atoms with E-state index in [-0.39, 0.29) is 71.9 Å². The van der Waals surface area contributed by atoms with Crippen molar-refractivity contribution in [3.63, 3.8) is 0 Å². The lowest BCUT2D eigenvalue weighted by Gasteiger charge is -2.03. The summed E-state index contributed by atoms with van der Waals surface area (Å²) in [5.41, 5.74) is 5.30. The molecule has 0 fully saturated rings. The molecule has 3 aliphatic heterocycles. The Labute approximate surface area is 404 Å². The molecule has 3 unspecified atom stereocenters. The largest absolute Gasteiger partial charge is 1.00 e. The van der Waals surface area contributed by atoms with Crippen molar-refractivity contribution in [1.29, 1.82) is 0 Å². The minimum atomic E-state index is 0. The molecule has 0 saturated heterocycles. The second kappa shape index (κ2) is 20.9. The van der Waals surface area contributed by atoms with Gasteiger partial charge >= 0.3 is 17.6 Å². The van der Waals surface area contributed by atoms with E-state index in [4.69, 9.17) is 14.2 Å². The SMILES string of the molecule is O=Cc1cc2ccccc2[n+]2c1OCC2CI.O=Cc1cc2ccccc2[n+]2c1OCC2CI.O=Cc1cc2ccccc2[n+]2c1OCC2CI.[I-].[I-].[I-]. The summed E-state index contributed by atoms with van der Waals surface area (Å²) in [6, 6.07) is 30.9. The number of ether oxygens (including phenoxy) is 3. The van der Waals surface area contributed by atoms with Gasteiger partial charge in [-0.2, -0.15) is 13.7 Å². The number of hydrogen-bond acceptors (Lipinski definition) is 6. The van der Waals surface area contributed by atoms with Crippen molar-refractivity contribution in [2.45, 2.75) is 18.1 Å². The van der Waals surface area contributed by atoms with Gasteiger partial charge in [-0.1, -0.05) is 104 Å². The Morgan fingerprint density at radius 3 is 0.981 bits per heavy atom. The van der Waals surface area contributed by atoms with Gasteiger partial charge in [0.05, 0.1) is 13.3 Å². The average Bonchev–Trinajstić information content (AvgIpc) is 3.95. The van der Waals surface area contributed by atoms with Crippen molar-refractivity contribution in [3.8, 4) is 17.6 Å². The zero-order valence-electron chi connectivity index (χ0n) is 28.4. The molecule has 0 bridgehead atoms. The minimum absolute atomic E-state index is 0. The van der Waals surface area contributed by atoms with Crippen LogP contribution in [0.4, 0.5) is 0 Å². The first-order chi connectivity index (χ1) is 25.0. The first-order valence-corrected chi connectivity index (χ1v) is 21.0. The molecule has 9 nitrogen and oxygen atoms in total. The van der Waals surface area contributed by atoms with Crippen molar-refractivity contribution in [2.75, 3.05) is 33.1 Å². The lowest BCUT2D eigenvalue weighted by atomic mass is 10.1. The van der Waals surface area contributed by atoms with Gasteiger partial charge in [0, 0.05) is 34.4 Å². The van der Waals surface area contributed by atoms with Gasteiger partial charge in [-0.05, 0) is 36.4 Å². The summed E-state index contributed by atoms with van der Waals surface area (Å²) in [5.74, 6) is 2.13. The first kappa shape index (κ1) is 45.4. The van der Waals surface area contributed by atoms with Crippen LogP contribution in [0.2, 0.25) is 0 Å². The summed E-state index contributed by atoms with van der Waals surface area (Å²) in [4.78, 5) is 33.3. The molecule has 3 aliphatic rings. The third-order valence-corrected chi connectivity index (χ3v) is 12.2. The molecular weight excluding hydrogens is 1370 g/mol. The van der Waals surface area contributed by atoms with E-state index in [9.17, 15) is 14.4 Å². The molecule has 3 aromatic heterocycles. The molecular formula is C39H33I6N3O6. The van der Waals surface area contributed by atoms with Crippen LogP contribution in [-0.4, -0.2) is 52.0 Å². The number of halogens is 6. The summed E-state index contributed by atoms with van der Waals surface area (Å²) in [7, 11) is 0. The predicted molar refractivity (Wildman–Crippen MR) is 219 cm³/mol. The van der Waals surface area contributed by atoms with Gasteiger partial charge in [0.25, 0.3) is 0 Å². The molecule has 3 aromatic carbocycles. The van der Waals surface area contributed by atoms with E-state index in [1.165, 1.54) is 0 Å². The quantitative estimate of drug-likeness (QED) is 0.0827. The third kappa shape index (κ3) is 8.88. The normalized spacial score (nSPS) is 16.8. The van der Waals surface area contributed by atoms with E-state index < -0.39 is 0 Å². The van der Waals surface area contributed by atoms with Crippen LogP contribution in [0.15, 0.2) is 91.0 Å². The number of carbonyl (C=O) groups is 3. The molecule has 0 N–H and O–H groups in total. The van der Waals surface area contributed by atoms with Crippen LogP contribution in [0.1, 0.15) is 49.2 Å². The van der Waals surface area contributed by atoms with E-state index in [0.717, 1.165) is 64.8 Å². The number of rotatable bonds is 6. The standard InChI is InChI=1S/3C13H11INO2.3HI/c3*14-6-11-8-17-13-10(7-16)5-9-3-1-2-4-12(9)15(11)13;;;/h3*1-5,7,11H,6,8H2;3*1H/q3*+1;;;/p-3. The maximum Gasteiger partial charge on any atom is 0.379 e. The van der Waals surface area contributed by atoms with Crippen LogP contribution in [0.5, 0.6) is 17.6 Å². The van der Waals surface area contributed by atoms with E-state index in [0.29, 0.717) is 72.3 Å². The summed E-state index contributed by atoms with van der Waals surface area (Å²) in [6.07, 6.45) is 2.61. The van der Waals surface area contributed by atoms with Gasteiger partial charge in [0.1, 0.15) is 16.7 Å². The Bertz CT molecular complexity index is 2060.